The van der Waals surface area contributed by atoms with Crippen molar-refractivity contribution in [1.29, 1.82) is 0 Å². The normalized spacial score (nSPS) is 11.0. The van der Waals surface area contributed by atoms with Crippen molar-refractivity contribution in [2.45, 2.75) is 38.5 Å². The van der Waals surface area contributed by atoms with Crippen LogP contribution < -0.4 is 11.1 Å². The maximum atomic E-state index is 12.4. The van der Waals surface area contributed by atoms with E-state index in [0.29, 0.717) is 18.8 Å². The van der Waals surface area contributed by atoms with Gasteiger partial charge in [0, 0.05) is 23.8 Å². The first kappa shape index (κ1) is 20.6. The summed E-state index contributed by atoms with van der Waals surface area (Å²) in [6.45, 7) is 5.51. The second-order valence-electron chi connectivity index (χ2n) is 5.70. The van der Waals surface area contributed by atoms with E-state index in [9.17, 15) is 4.79 Å². The monoisotopic (exact) mass is 367 g/mol. The number of thiazole rings is 1. The van der Waals surface area contributed by atoms with Crippen molar-refractivity contribution in [2.24, 2.45) is 5.73 Å². The zero-order chi connectivity index (χ0) is 16.7. The number of hydrogen-bond donors (Lipinski definition) is 2. The number of hydrogen-bond acceptors (Lipinski definition) is 4. The van der Waals surface area contributed by atoms with Crippen molar-refractivity contribution >= 4 is 29.7 Å². The highest BCUT2D eigenvalue weighted by atomic mass is 35.5. The summed E-state index contributed by atoms with van der Waals surface area (Å²) in [5.74, 6) is -0.105. The molecule has 0 saturated carbocycles. The average molecular weight is 368 g/mol. The molecular weight excluding hydrogens is 342 g/mol. The Kier molecular flexibility index (Phi) is 8.39. The Morgan fingerprint density at radius 3 is 2.50 bits per heavy atom. The van der Waals surface area contributed by atoms with Gasteiger partial charge in [0.15, 0.2) is 0 Å². The molecule has 1 aromatic heterocycles. The second kappa shape index (κ2) is 9.77. The molecule has 24 heavy (non-hydrogen) atoms. The molecule has 2 rings (SSSR count). The Labute approximate surface area is 154 Å². The van der Waals surface area contributed by atoms with E-state index in [-0.39, 0.29) is 23.7 Å². The highest BCUT2D eigenvalue weighted by Gasteiger charge is 2.29. The minimum Gasteiger partial charge on any atom is -0.350 e. The van der Waals surface area contributed by atoms with Gasteiger partial charge in [-0.2, -0.15) is 0 Å². The number of carbonyl (C=O) groups excluding carboxylic acids is 1. The standard InChI is InChI=1S/C18H25N3OS.ClH/c1-3-18(4-2,14-8-6-5-7-9-14)13-20-17(22)15-12-23-16(21-15)10-11-19;/h5-9,12H,3-4,10-11,13,19H2,1-2H3,(H,20,22);1H. The van der Waals surface area contributed by atoms with Crippen LogP contribution in [0.4, 0.5) is 0 Å². The van der Waals surface area contributed by atoms with E-state index in [4.69, 9.17) is 5.73 Å². The molecule has 1 heterocycles. The number of halogens is 1. The zero-order valence-electron chi connectivity index (χ0n) is 14.2. The summed E-state index contributed by atoms with van der Waals surface area (Å²) in [7, 11) is 0. The van der Waals surface area contributed by atoms with Crippen LogP contribution in [0.1, 0.15) is 47.7 Å². The molecule has 3 N–H and O–H groups in total. The first-order chi connectivity index (χ1) is 11.1. The molecule has 0 aliphatic heterocycles. The van der Waals surface area contributed by atoms with Crippen LogP contribution in [0.2, 0.25) is 0 Å². The highest BCUT2D eigenvalue weighted by Crippen LogP contribution is 2.30. The summed E-state index contributed by atoms with van der Waals surface area (Å²) < 4.78 is 0. The zero-order valence-corrected chi connectivity index (χ0v) is 15.9. The fourth-order valence-corrected chi connectivity index (χ4v) is 3.59. The van der Waals surface area contributed by atoms with E-state index in [0.717, 1.165) is 24.3 Å². The van der Waals surface area contributed by atoms with Crippen LogP contribution in [0.3, 0.4) is 0 Å². The minimum atomic E-state index is -0.105. The second-order valence-corrected chi connectivity index (χ2v) is 6.64. The predicted octanol–water partition coefficient (Wildman–Crippen LogP) is 3.55. The molecule has 0 saturated heterocycles. The van der Waals surface area contributed by atoms with Gasteiger partial charge in [0.2, 0.25) is 0 Å². The van der Waals surface area contributed by atoms with Crippen molar-refractivity contribution in [3.63, 3.8) is 0 Å². The summed E-state index contributed by atoms with van der Waals surface area (Å²) in [6, 6.07) is 10.4. The van der Waals surface area contributed by atoms with Gasteiger partial charge < -0.3 is 11.1 Å². The molecule has 0 bridgehead atoms. The molecule has 4 nitrogen and oxygen atoms in total. The van der Waals surface area contributed by atoms with Gasteiger partial charge in [0.25, 0.3) is 5.91 Å². The number of nitrogens with two attached hydrogens (primary N) is 1. The Morgan fingerprint density at radius 2 is 1.92 bits per heavy atom. The van der Waals surface area contributed by atoms with Crippen LogP contribution in [0, 0.1) is 0 Å². The largest absolute Gasteiger partial charge is 0.350 e. The van der Waals surface area contributed by atoms with E-state index in [1.807, 2.05) is 11.4 Å². The van der Waals surface area contributed by atoms with E-state index in [1.54, 1.807) is 0 Å². The first-order valence-corrected chi connectivity index (χ1v) is 9.01. The number of carbonyl (C=O) groups is 1. The summed E-state index contributed by atoms with van der Waals surface area (Å²) in [5, 5.41) is 5.79. The molecule has 2 aromatic rings. The van der Waals surface area contributed by atoms with Crippen LogP contribution in [-0.4, -0.2) is 24.0 Å². The van der Waals surface area contributed by atoms with Crippen molar-refractivity contribution in [3.8, 4) is 0 Å². The molecule has 0 radical (unpaired) electrons. The SMILES string of the molecule is CCC(CC)(CNC(=O)c1csc(CCN)n1)c1ccccc1.Cl. The molecule has 0 fully saturated rings. The first-order valence-electron chi connectivity index (χ1n) is 8.13. The van der Waals surface area contributed by atoms with Gasteiger partial charge in [0.05, 0.1) is 5.01 Å². The van der Waals surface area contributed by atoms with Gasteiger partial charge in [-0.3, -0.25) is 4.79 Å². The molecule has 132 valence electrons. The van der Waals surface area contributed by atoms with Crippen LogP contribution in [-0.2, 0) is 11.8 Å². The third-order valence-electron chi connectivity index (χ3n) is 4.47. The molecule has 0 aliphatic carbocycles. The number of benzene rings is 1. The predicted molar refractivity (Wildman–Crippen MR) is 103 cm³/mol. The lowest BCUT2D eigenvalue weighted by Gasteiger charge is -2.32. The Morgan fingerprint density at radius 1 is 1.25 bits per heavy atom. The number of aromatic nitrogens is 1. The highest BCUT2D eigenvalue weighted by molar-refractivity contribution is 7.09. The molecule has 0 aliphatic rings. The third-order valence-corrected chi connectivity index (χ3v) is 5.38. The van der Waals surface area contributed by atoms with Gasteiger partial charge >= 0.3 is 0 Å². The summed E-state index contributed by atoms with van der Waals surface area (Å²) in [4.78, 5) is 16.7. The van der Waals surface area contributed by atoms with Crippen molar-refractivity contribution in [1.82, 2.24) is 10.3 Å². The molecule has 1 amide bonds. The van der Waals surface area contributed by atoms with Crippen LogP contribution in [0.25, 0.3) is 0 Å². The van der Waals surface area contributed by atoms with Crippen LogP contribution >= 0.6 is 23.7 Å². The molecule has 0 spiro atoms. The van der Waals surface area contributed by atoms with Gasteiger partial charge in [-0.05, 0) is 24.9 Å². The Hall–Kier alpha value is -1.43. The van der Waals surface area contributed by atoms with Crippen molar-refractivity contribution in [3.05, 3.63) is 52.0 Å². The van der Waals surface area contributed by atoms with E-state index in [1.165, 1.54) is 16.9 Å². The summed E-state index contributed by atoms with van der Waals surface area (Å²) in [5.41, 5.74) is 7.26. The summed E-state index contributed by atoms with van der Waals surface area (Å²) in [6.07, 6.45) is 2.67. The van der Waals surface area contributed by atoms with Gasteiger partial charge in [0.1, 0.15) is 5.69 Å². The van der Waals surface area contributed by atoms with Gasteiger partial charge in [-0.15, -0.1) is 23.7 Å². The minimum absolute atomic E-state index is 0. The lowest BCUT2D eigenvalue weighted by atomic mass is 9.76. The van der Waals surface area contributed by atoms with Gasteiger partial charge in [-0.1, -0.05) is 44.2 Å². The van der Waals surface area contributed by atoms with Crippen molar-refractivity contribution < 1.29 is 4.79 Å². The maximum absolute atomic E-state index is 12.4. The van der Waals surface area contributed by atoms with Crippen LogP contribution in [0.5, 0.6) is 0 Å². The molecular formula is C18H26ClN3OS. The van der Waals surface area contributed by atoms with Crippen molar-refractivity contribution in [2.75, 3.05) is 13.1 Å². The number of amides is 1. The Balaban J connectivity index is 0.00000288. The lowest BCUT2D eigenvalue weighted by molar-refractivity contribution is 0.0937. The fraction of sp³-hybridized carbons (Fsp3) is 0.444. The van der Waals surface area contributed by atoms with E-state index < -0.39 is 0 Å². The van der Waals surface area contributed by atoms with Crippen LogP contribution in [0.15, 0.2) is 35.7 Å². The molecule has 1 aromatic carbocycles. The smallest absolute Gasteiger partial charge is 0.270 e. The maximum Gasteiger partial charge on any atom is 0.270 e. The third kappa shape index (κ3) is 4.79. The van der Waals surface area contributed by atoms with E-state index in [2.05, 4.69) is 48.4 Å². The summed E-state index contributed by atoms with van der Waals surface area (Å²) >= 11 is 1.49. The molecule has 0 unspecified atom stereocenters. The number of rotatable bonds is 8. The number of nitrogens with one attached hydrogen (secondary N) is 1. The van der Waals surface area contributed by atoms with E-state index >= 15 is 0 Å². The Bertz CT molecular complexity index is 626. The lowest BCUT2D eigenvalue weighted by Crippen LogP contribution is -2.40. The van der Waals surface area contributed by atoms with Gasteiger partial charge in [-0.25, -0.2) is 4.98 Å². The average Bonchev–Trinajstić information content (AvgIpc) is 3.06. The number of nitrogens with zero attached hydrogens (tertiary/aromatic N) is 1. The topological polar surface area (TPSA) is 68.0 Å². The molecule has 6 heteroatoms. The quantitative estimate of drug-likeness (QED) is 0.749. The fourth-order valence-electron chi connectivity index (χ4n) is 2.80. The molecule has 0 atom stereocenters.